The Balaban J connectivity index is 2.05. The van der Waals surface area contributed by atoms with Crippen molar-refractivity contribution < 1.29 is 9.47 Å². The van der Waals surface area contributed by atoms with E-state index in [9.17, 15) is 0 Å². The summed E-state index contributed by atoms with van der Waals surface area (Å²) in [4.78, 5) is 2.27. The van der Waals surface area contributed by atoms with Crippen LogP contribution in [0.25, 0.3) is 5.57 Å². The molecule has 1 aliphatic rings. The van der Waals surface area contributed by atoms with Crippen molar-refractivity contribution in [2.75, 3.05) is 40.5 Å². The molecule has 94 valence electrons. The highest BCUT2D eigenvalue weighted by Gasteiger charge is 2.18. The van der Waals surface area contributed by atoms with Gasteiger partial charge in [-0.2, -0.15) is 4.37 Å². The Kier molecular flexibility index (Phi) is 4.47. The van der Waals surface area contributed by atoms with Crippen LogP contribution in [0.5, 0.6) is 5.88 Å². The van der Waals surface area contributed by atoms with E-state index in [-0.39, 0.29) is 0 Å². The van der Waals surface area contributed by atoms with Crippen molar-refractivity contribution in [2.45, 2.75) is 6.42 Å². The van der Waals surface area contributed by atoms with E-state index in [0.717, 1.165) is 25.2 Å². The largest absolute Gasteiger partial charge is 0.473 e. The highest BCUT2D eigenvalue weighted by molar-refractivity contribution is 6.99. The Labute approximate surface area is 105 Å². The van der Waals surface area contributed by atoms with Gasteiger partial charge in [0.05, 0.1) is 18.3 Å². The van der Waals surface area contributed by atoms with Gasteiger partial charge in [-0.05, 0) is 19.0 Å². The first kappa shape index (κ1) is 12.5. The maximum absolute atomic E-state index is 5.56. The maximum atomic E-state index is 5.56. The third-order valence-electron chi connectivity index (χ3n) is 2.63. The van der Waals surface area contributed by atoms with Crippen LogP contribution in [0.4, 0.5) is 0 Å². The molecular weight excluding hydrogens is 238 g/mol. The van der Waals surface area contributed by atoms with E-state index in [4.69, 9.17) is 9.47 Å². The minimum Gasteiger partial charge on any atom is -0.473 e. The smallest absolute Gasteiger partial charge is 0.253 e. The molecule has 5 nitrogen and oxygen atoms in total. The molecule has 0 fully saturated rings. The number of ether oxygens (including phenoxy) is 2. The Morgan fingerprint density at radius 2 is 2.29 bits per heavy atom. The second kappa shape index (κ2) is 6.09. The fourth-order valence-corrected chi connectivity index (χ4v) is 2.29. The second-order valence-electron chi connectivity index (χ2n) is 4.02. The Bertz CT molecular complexity index is 392. The van der Waals surface area contributed by atoms with Gasteiger partial charge in [-0.25, -0.2) is 0 Å². The van der Waals surface area contributed by atoms with Crippen molar-refractivity contribution in [3.8, 4) is 5.88 Å². The summed E-state index contributed by atoms with van der Waals surface area (Å²) in [7, 11) is 3.76. The number of nitrogens with zero attached hydrogens (tertiary/aromatic N) is 3. The third kappa shape index (κ3) is 3.24. The predicted octanol–water partition coefficient (Wildman–Crippen LogP) is 1.28. The van der Waals surface area contributed by atoms with Gasteiger partial charge in [0.25, 0.3) is 5.88 Å². The molecule has 0 saturated carbocycles. The van der Waals surface area contributed by atoms with Gasteiger partial charge in [-0.15, -0.1) is 4.37 Å². The van der Waals surface area contributed by atoms with Gasteiger partial charge in [-0.3, -0.25) is 0 Å². The summed E-state index contributed by atoms with van der Waals surface area (Å²) < 4.78 is 19.0. The summed E-state index contributed by atoms with van der Waals surface area (Å²) >= 11 is 1.19. The SMILES string of the molecule is COCCOc1nsnc1C1=CCCN(C)C1. The molecule has 17 heavy (non-hydrogen) atoms. The average Bonchev–Trinajstić information content (AvgIpc) is 2.78. The predicted molar refractivity (Wildman–Crippen MR) is 67.4 cm³/mol. The van der Waals surface area contributed by atoms with Crippen LogP contribution in [0.3, 0.4) is 0 Å². The summed E-state index contributed by atoms with van der Waals surface area (Å²) in [6.07, 6.45) is 3.28. The van der Waals surface area contributed by atoms with Gasteiger partial charge in [0.1, 0.15) is 12.3 Å². The van der Waals surface area contributed by atoms with E-state index >= 15 is 0 Å². The van der Waals surface area contributed by atoms with Crippen LogP contribution in [-0.2, 0) is 4.74 Å². The van der Waals surface area contributed by atoms with Gasteiger partial charge in [0.2, 0.25) is 0 Å². The van der Waals surface area contributed by atoms with Crippen molar-refractivity contribution >= 4 is 17.3 Å². The molecule has 2 heterocycles. The zero-order valence-electron chi connectivity index (χ0n) is 10.2. The van der Waals surface area contributed by atoms with Gasteiger partial charge < -0.3 is 14.4 Å². The molecule has 0 bridgehead atoms. The first-order chi connectivity index (χ1) is 8.31. The monoisotopic (exact) mass is 255 g/mol. The summed E-state index contributed by atoms with van der Waals surface area (Å²) in [6.45, 7) is 3.08. The molecule has 0 aliphatic carbocycles. The quantitative estimate of drug-likeness (QED) is 0.742. The van der Waals surface area contributed by atoms with Gasteiger partial charge in [0.15, 0.2) is 0 Å². The van der Waals surface area contributed by atoms with Crippen LogP contribution in [0, 0.1) is 0 Å². The summed E-state index contributed by atoms with van der Waals surface area (Å²) in [5.74, 6) is 0.633. The van der Waals surface area contributed by atoms with Crippen LogP contribution in [0.15, 0.2) is 6.08 Å². The standard InChI is InChI=1S/C11H17N3O2S/c1-14-5-3-4-9(8-14)10-11(13-17-12-10)16-7-6-15-2/h4H,3,5-8H2,1-2H3. The second-order valence-corrected chi connectivity index (χ2v) is 4.54. The first-order valence-electron chi connectivity index (χ1n) is 5.63. The topological polar surface area (TPSA) is 47.5 Å². The molecule has 0 atom stereocenters. The van der Waals surface area contributed by atoms with Gasteiger partial charge in [-0.1, -0.05) is 6.08 Å². The molecular formula is C11H17N3O2S. The Morgan fingerprint density at radius 3 is 3.06 bits per heavy atom. The number of hydrogen-bond acceptors (Lipinski definition) is 6. The first-order valence-corrected chi connectivity index (χ1v) is 6.36. The zero-order chi connectivity index (χ0) is 12.1. The lowest BCUT2D eigenvalue weighted by atomic mass is 10.1. The van der Waals surface area contributed by atoms with E-state index < -0.39 is 0 Å². The number of rotatable bonds is 5. The van der Waals surface area contributed by atoms with Crippen LogP contribution in [0.1, 0.15) is 12.1 Å². The highest BCUT2D eigenvalue weighted by atomic mass is 32.1. The fourth-order valence-electron chi connectivity index (χ4n) is 1.76. The van der Waals surface area contributed by atoms with Crippen LogP contribution < -0.4 is 4.74 Å². The van der Waals surface area contributed by atoms with Crippen LogP contribution >= 0.6 is 11.7 Å². The summed E-state index contributed by atoms with van der Waals surface area (Å²) in [5, 5.41) is 0. The van der Waals surface area contributed by atoms with Crippen molar-refractivity contribution in [1.82, 2.24) is 13.6 Å². The van der Waals surface area contributed by atoms with Crippen molar-refractivity contribution in [3.05, 3.63) is 11.8 Å². The molecule has 0 unspecified atom stereocenters. The molecule has 6 heteroatoms. The average molecular weight is 255 g/mol. The normalized spacial score (nSPS) is 16.9. The van der Waals surface area contributed by atoms with E-state index in [1.165, 1.54) is 17.3 Å². The highest BCUT2D eigenvalue weighted by Crippen LogP contribution is 2.26. The van der Waals surface area contributed by atoms with Crippen LogP contribution in [-0.4, -0.2) is 54.1 Å². The van der Waals surface area contributed by atoms with Gasteiger partial charge >= 0.3 is 0 Å². The number of likely N-dealkylation sites (N-methyl/N-ethyl adjacent to an activating group) is 1. The zero-order valence-corrected chi connectivity index (χ0v) is 11.0. The van der Waals surface area contributed by atoms with Crippen molar-refractivity contribution in [1.29, 1.82) is 0 Å². The van der Waals surface area contributed by atoms with E-state index in [1.54, 1.807) is 7.11 Å². The Hall–Kier alpha value is -0.980. The molecule has 0 saturated heterocycles. The lowest BCUT2D eigenvalue weighted by Gasteiger charge is -2.22. The molecule has 1 aromatic rings. The fraction of sp³-hybridized carbons (Fsp3) is 0.636. The number of hydrogen-bond donors (Lipinski definition) is 0. The van der Waals surface area contributed by atoms with Gasteiger partial charge in [0, 0.05) is 20.2 Å². The molecule has 0 N–H and O–H groups in total. The maximum Gasteiger partial charge on any atom is 0.253 e. The summed E-state index contributed by atoms with van der Waals surface area (Å²) in [5.41, 5.74) is 2.09. The van der Waals surface area contributed by atoms with Crippen molar-refractivity contribution in [3.63, 3.8) is 0 Å². The van der Waals surface area contributed by atoms with E-state index in [1.807, 2.05) is 0 Å². The lowest BCUT2D eigenvalue weighted by molar-refractivity contribution is 0.144. The molecule has 1 aliphatic heterocycles. The molecule has 0 aromatic carbocycles. The molecule has 0 amide bonds. The minimum atomic E-state index is 0.512. The number of methoxy groups -OCH3 is 1. The number of aromatic nitrogens is 2. The van der Waals surface area contributed by atoms with E-state index in [0.29, 0.717) is 19.1 Å². The van der Waals surface area contributed by atoms with Crippen molar-refractivity contribution in [2.24, 2.45) is 0 Å². The minimum absolute atomic E-state index is 0.512. The Morgan fingerprint density at radius 1 is 1.41 bits per heavy atom. The lowest BCUT2D eigenvalue weighted by Crippen LogP contribution is -2.25. The molecule has 2 rings (SSSR count). The molecule has 0 radical (unpaired) electrons. The third-order valence-corrected chi connectivity index (χ3v) is 3.14. The van der Waals surface area contributed by atoms with E-state index in [2.05, 4.69) is 26.8 Å². The van der Waals surface area contributed by atoms with Crippen LogP contribution in [0.2, 0.25) is 0 Å². The summed E-state index contributed by atoms with van der Waals surface area (Å²) in [6, 6.07) is 0. The molecule has 1 aromatic heterocycles. The molecule has 0 spiro atoms.